The Balaban J connectivity index is 1.43. The molecule has 1 saturated heterocycles. The molecule has 0 unspecified atom stereocenters. The number of aryl methyl sites for hydroxylation is 1. The van der Waals surface area contributed by atoms with Gasteiger partial charge in [0, 0.05) is 18.7 Å². The van der Waals surface area contributed by atoms with E-state index >= 15 is 0 Å². The monoisotopic (exact) mass is 417 g/mol. The summed E-state index contributed by atoms with van der Waals surface area (Å²) in [7, 11) is 0. The highest BCUT2D eigenvalue weighted by atomic mass is 16.3. The van der Waals surface area contributed by atoms with Crippen molar-refractivity contribution in [2.75, 3.05) is 17.2 Å². The number of nitrogens with zero attached hydrogens (tertiary/aromatic N) is 1. The van der Waals surface area contributed by atoms with Gasteiger partial charge in [0.1, 0.15) is 5.76 Å². The molecule has 0 spiro atoms. The Hall–Kier alpha value is -3.87. The molecule has 4 rings (SSSR count). The maximum absolute atomic E-state index is 12.8. The fourth-order valence-corrected chi connectivity index (χ4v) is 3.64. The summed E-state index contributed by atoms with van der Waals surface area (Å²) in [5.74, 6) is -0.514. The van der Waals surface area contributed by atoms with Crippen molar-refractivity contribution in [3.8, 4) is 0 Å². The van der Waals surface area contributed by atoms with Gasteiger partial charge in [-0.3, -0.25) is 14.4 Å². The molecule has 2 N–H and O–H groups in total. The predicted molar refractivity (Wildman–Crippen MR) is 116 cm³/mol. The fraction of sp³-hybridized carbons (Fsp3) is 0.208. The first kappa shape index (κ1) is 20.4. The zero-order valence-corrected chi connectivity index (χ0v) is 17.1. The predicted octanol–water partition coefficient (Wildman–Crippen LogP) is 3.83. The molecule has 1 fully saturated rings. The Labute approximate surface area is 180 Å². The van der Waals surface area contributed by atoms with Crippen molar-refractivity contribution in [2.45, 2.75) is 19.9 Å². The van der Waals surface area contributed by atoms with E-state index in [9.17, 15) is 14.4 Å². The summed E-state index contributed by atoms with van der Waals surface area (Å²) < 4.78 is 5.29. The molecule has 3 aromatic rings. The summed E-state index contributed by atoms with van der Waals surface area (Å²) in [5.41, 5.74) is 2.48. The van der Waals surface area contributed by atoms with Crippen LogP contribution >= 0.6 is 0 Å². The molecule has 31 heavy (non-hydrogen) atoms. The number of nitrogens with one attached hydrogen (secondary N) is 2. The average molecular weight is 417 g/mol. The van der Waals surface area contributed by atoms with Gasteiger partial charge in [-0.15, -0.1) is 0 Å². The van der Waals surface area contributed by atoms with Crippen molar-refractivity contribution in [3.63, 3.8) is 0 Å². The highest BCUT2D eigenvalue weighted by molar-refractivity contribution is 6.10. The van der Waals surface area contributed by atoms with Gasteiger partial charge in [-0.05, 0) is 48.9 Å². The molecule has 2 heterocycles. The van der Waals surface area contributed by atoms with Crippen LogP contribution < -0.4 is 10.6 Å². The second kappa shape index (κ2) is 8.87. The van der Waals surface area contributed by atoms with Crippen LogP contribution in [0.2, 0.25) is 0 Å². The average Bonchev–Trinajstić information content (AvgIpc) is 3.39. The summed E-state index contributed by atoms with van der Waals surface area (Å²) >= 11 is 0. The molecule has 7 heteroatoms. The van der Waals surface area contributed by atoms with E-state index in [0.29, 0.717) is 35.8 Å². The maximum Gasteiger partial charge on any atom is 0.257 e. The SMILES string of the molecule is Cc1cccc(NC(=O)c2ccccc2NC(=O)[C@@H]2CC(=O)N(Cc3ccco3)C2)c1. The van der Waals surface area contributed by atoms with Crippen molar-refractivity contribution in [1.29, 1.82) is 0 Å². The lowest BCUT2D eigenvalue weighted by Gasteiger charge is -2.16. The molecule has 1 atom stereocenters. The number of anilines is 2. The number of hydrogen-bond acceptors (Lipinski definition) is 4. The molecule has 2 aromatic carbocycles. The fourth-order valence-electron chi connectivity index (χ4n) is 3.64. The standard InChI is InChI=1S/C24H23N3O4/c1-16-6-4-7-18(12-16)25-24(30)20-9-2-3-10-21(20)26-23(29)17-13-22(28)27(14-17)15-19-8-5-11-31-19/h2-12,17H,13-15H2,1H3,(H,25,30)(H,26,29)/t17-/m1/s1. The Morgan fingerprint density at radius 3 is 2.68 bits per heavy atom. The van der Waals surface area contributed by atoms with Crippen molar-refractivity contribution in [2.24, 2.45) is 5.92 Å². The Bertz CT molecular complexity index is 1110. The number of likely N-dealkylation sites (tertiary alicyclic amines) is 1. The van der Waals surface area contributed by atoms with Gasteiger partial charge < -0.3 is 20.0 Å². The number of carbonyl (C=O) groups is 3. The van der Waals surface area contributed by atoms with E-state index in [4.69, 9.17) is 4.42 Å². The second-order valence-corrected chi connectivity index (χ2v) is 7.61. The van der Waals surface area contributed by atoms with Gasteiger partial charge in [0.05, 0.1) is 30.0 Å². The number of furan rings is 1. The van der Waals surface area contributed by atoms with Gasteiger partial charge in [-0.1, -0.05) is 24.3 Å². The molecule has 1 aromatic heterocycles. The lowest BCUT2D eigenvalue weighted by molar-refractivity contribution is -0.128. The van der Waals surface area contributed by atoms with Crippen molar-refractivity contribution < 1.29 is 18.8 Å². The van der Waals surface area contributed by atoms with E-state index in [0.717, 1.165) is 5.56 Å². The van der Waals surface area contributed by atoms with Crippen LogP contribution in [0.1, 0.15) is 28.1 Å². The van der Waals surface area contributed by atoms with Crippen LogP contribution in [0.4, 0.5) is 11.4 Å². The number of carbonyl (C=O) groups excluding carboxylic acids is 3. The van der Waals surface area contributed by atoms with E-state index in [1.54, 1.807) is 47.6 Å². The first-order chi connectivity index (χ1) is 15.0. The summed E-state index contributed by atoms with van der Waals surface area (Å²) in [6, 6.07) is 17.9. The maximum atomic E-state index is 12.8. The van der Waals surface area contributed by atoms with Crippen LogP contribution in [0.3, 0.4) is 0 Å². The topological polar surface area (TPSA) is 91.7 Å². The van der Waals surface area contributed by atoms with Crippen LogP contribution in [0.25, 0.3) is 0 Å². The van der Waals surface area contributed by atoms with E-state index in [1.165, 1.54) is 0 Å². The molecule has 7 nitrogen and oxygen atoms in total. The first-order valence-electron chi connectivity index (χ1n) is 10.1. The Morgan fingerprint density at radius 2 is 1.90 bits per heavy atom. The molecule has 1 aliphatic heterocycles. The van der Waals surface area contributed by atoms with Gasteiger partial charge >= 0.3 is 0 Å². The van der Waals surface area contributed by atoms with Crippen LogP contribution in [-0.2, 0) is 16.1 Å². The van der Waals surface area contributed by atoms with Crippen LogP contribution in [0.15, 0.2) is 71.3 Å². The number of rotatable bonds is 6. The van der Waals surface area contributed by atoms with Crippen molar-refractivity contribution in [3.05, 3.63) is 83.8 Å². The number of para-hydroxylation sites is 1. The van der Waals surface area contributed by atoms with E-state index < -0.39 is 5.92 Å². The molecule has 1 aliphatic rings. The third-order valence-corrected chi connectivity index (χ3v) is 5.22. The minimum Gasteiger partial charge on any atom is -0.467 e. The minimum atomic E-state index is -0.490. The van der Waals surface area contributed by atoms with Gasteiger partial charge in [0.15, 0.2) is 0 Å². The number of benzene rings is 2. The lowest BCUT2D eigenvalue weighted by Crippen LogP contribution is -2.28. The highest BCUT2D eigenvalue weighted by Crippen LogP contribution is 2.24. The van der Waals surface area contributed by atoms with Gasteiger partial charge in [0.2, 0.25) is 11.8 Å². The molecule has 3 amide bonds. The van der Waals surface area contributed by atoms with Crippen molar-refractivity contribution >= 4 is 29.1 Å². The normalized spacial score (nSPS) is 15.7. The van der Waals surface area contributed by atoms with E-state index in [-0.39, 0.29) is 24.1 Å². The quantitative estimate of drug-likeness (QED) is 0.638. The largest absolute Gasteiger partial charge is 0.467 e. The third-order valence-electron chi connectivity index (χ3n) is 5.22. The molecule has 0 bridgehead atoms. The second-order valence-electron chi connectivity index (χ2n) is 7.61. The smallest absolute Gasteiger partial charge is 0.257 e. The van der Waals surface area contributed by atoms with E-state index in [2.05, 4.69) is 10.6 Å². The summed E-state index contributed by atoms with van der Waals surface area (Å²) in [6.07, 6.45) is 1.68. The summed E-state index contributed by atoms with van der Waals surface area (Å²) in [5, 5.41) is 5.69. The molecule has 0 saturated carbocycles. The minimum absolute atomic E-state index is 0.0953. The summed E-state index contributed by atoms with van der Waals surface area (Å²) in [4.78, 5) is 39.6. The number of hydrogen-bond donors (Lipinski definition) is 2. The van der Waals surface area contributed by atoms with Crippen LogP contribution in [-0.4, -0.2) is 29.2 Å². The van der Waals surface area contributed by atoms with Gasteiger partial charge in [-0.2, -0.15) is 0 Å². The van der Waals surface area contributed by atoms with Gasteiger partial charge in [-0.25, -0.2) is 0 Å². The molecular formula is C24H23N3O4. The summed E-state index contributed by atoms with van der Waals surface area (Å²) in [6.45, 7) is 2.59. The molecule has 0 radical (unpaired) electrons. The van der Waals surface area contributed by atoms with Crippen LogP contribution in [0.5, 0.6) is 0 Å². The highest BCUT2D eigenvalue weighted by Gasteiger charge is 2.35. The van der Waals surface area contributed by atoms with Crippen molar-refractivity contribution in [1.82, 2.24) is 4.90 Å². The molecular weight excluding hydrogens is 394 g/mol. The van der Waals surface area contributed by atoms with Gasteiger partial charge in [0.25, 0.3) is 5.91 Å². The third kappa shape index (κ3) is 4.83. The number of amides is 3. The van der Waals surface area contributed by atoms with E-state index in [1.807, 2.05) is 31.2 Å². The zero-order valence-electron chi connectivity index (χ0n) is 17.1. The Morgan fingerprint density at radius 1 is 1.06 bits per heavy atom. The first-order valence-corrected chi connectivity index (χ1v) is 10.1. The van der Waals surface area contributed by atoms with Crippen LogP contribution in [0, 0.1) is 12.8 Å². The Kier molecular flexibility index (Phi) is 5.84. The lowest BCUT2D eigenvalue weighted by atomic mass is 10.1. The molecule has 158 valence electrons. The zero-order chi connectivity index (χ0) is 21.8. The molecule has 0 aliphatic carbocycles.